The van der Waals surface area contributed by atoms with E-state index in [0.29, 0.717) is 0 Å². The van der Waals surface area contributed by atoms with Gasteiger partial charge in [-0.2, -0.15) is 0 Å². The van der Waals surface area contributed by atoms with Gasteiger partial charge in [0.1, 0.15) is 10.1 Å². The standard InChI is InChI=1S/C11H13NOS2/c1-2-4-10(5-3-1)13-7-9-15-11-12-6-8-14-11/h1-5H,6-9H2. The molecule has 1 aliphatic heterocycles. The molecule has 0 fully saturated rings. The topological polar surface area (TPSA) is 21.6 Å². The first-order chi connectivity index (χ1) is 7.45. The Morgan fingerprint density at radius 2 is 2.20 bits per heavy atom. The Morgan fingerprint density at radius 1 is 1.33 bits per heavy atom. The molecule has 1 aliphatic rings. The van der Waals surface area contributed by atoms with Crippen molar-refractivity contribution in [1.29, 1.82) is 0 Å². The number of rotatable bonds is 4. The molecule has 0 spiro atoms. The molecule has 0 saturated heterocycles. The zero-order valence-corrected chi connectivity index (χ0v) is 10.0. The minimum Gasteiger partial charge on any atom is -0.493 e. The molecule has 0 radical (unpaired) electrons. The van der Waals surface area contributed by atoms with Gasteiger partial charge in [-0.3, -0.25) is 4.99 Å². The lowest BCUT2D eigenvalue weighted by Gasteiger charge is -2.04. The molecule has 4 heteroatoms. The highest BCUT2D eigenvalue weighted by Crippen LogP contribution is 2.21. The fraction of sp³-hybridized carbons (Fsp3) is 0.364. The van der Waals surface area contributed by atoms with Gasteiger partial charge in [-0.05, 0) is 12.1 Å². The van der Waals surface area contributed by atoms with Crippen LogP contribution in [0.2, 0.25) is 0 Å². The van der Waals surface area contributed by atoms with Gasteiger partial charge in [-0.1, -0.05) is 41.7 Å². The molecule has 0 aromatic heterocycles. The third-order valence-corrected chi connectivity index (χ3v) is 4.10. The van der Waals surface area contributed by atoms with Crippen molar-refractivity contribution >= 4 is 27.9 Å². The van der Waals surface area contributed by atoms with E-state index in [1.165, 1.54) is 4.38 Å². The van der Waals surface area contributed by atoms with Crippen LogP contribution >= 0.6 is 23.5 Å². The molecule has 0 aliphatic carbocycles. The number of nitrogens with zero attached hydrogens (tertiary/aromatic N) is 1. The zero-order valence-electron chi connectivity index (χ0n) is 8.39. The van der Waals surface area contributed by atoms with Gasteiger partial charge < -0.3 is 4.74 Å². The number of para-hydroxylation sites is 1. The number of aliphatic imine (C=N–C) groups is 1. The van der Waals surface area contributed by atoms with Crippen LogP contribution in [-0.2, 0) is 0 Å². The molecule has 0 unspecified atom stereocenters. The van der Waals surface area contributed by atoms with Crippen molar-refractivity contribution in [2.45, 2.75) is 0 Å². The van der Waals surface area contributed by atoms with E-state index in [0.717, 1.165) is 30.4 Å². The van der Waals surface area contributed by atoms with E-state index in [1.54, 1.807) is 11.8 Å². The molecule has 0 amide bonds. The van der Waals surface area contributed by atoms with Gasteiger partial charge in [-0.15, -0.1) is 0 Å². The lowest BCUT2D eigenvalue weighted by atomic mass is 10.3. The van der Waals surface area contributed by atoms with Crippen LogP contribution in [0.25, 0.3) is 0 Å². The minimum atomic E-state index is 0.744. The molecule has 15 heavy (non-hydrogen) atoms. The maximum atomic E-state index is 5.58. The van der Waals surface area contributed by atoms with Crippen molar-refractivity contribution in [3.05, 3.63) is 30.3 Å². The second-order valence-electron chi connectivity index (χ2n) is 3.01. The fourth-order valence-corrected chi connectivity index (χ4v) is 3.11. The Labute approximate surface area is 98.5 Å². The predicted molar refractivity (Wildman–Crippen MR) is 69.2 cm³/mol. The van der Waals surface area contributed by atoms with Gasteiger partial charge in [0, 0.05) is 11.5 Å². The second kappa shape index (κ2) is 6.08. The lowest BCUT2D eigenvalue weighted by molar-refractivity contribution is 0.344. The Hall–Kier alpha value is -0.610. The van der Waals surface area contributed by atoms with Crippen LogP contribution in [0, 0.1) is 0 Å². The Kier molecular flexibility index (Phi) is 4.41. The lowest BCUT2D eigenvalue weighted by Crippen LogP contribution is -2.01. The zero-order chi connectivity index (χ0) is 10.3. The van der Waals surface area contributed by atoms with Crippen molar-refractivity contribution in [3.8, 4) is 5.75 Å². The highest BCUT2D eigenvalue weighted by molar-refractivity contribution is 8.39. The van der Waals surface area contributed by atoms with E-state index in [2.05, 4.69) is 4.99 Å². The van der Waals surface area contributed by atoms with E-state index in [4.69, 9.17) is 4.74 Å². The quantitative estimate of drug-likeness (QED) is 0.754. The smallest absolute Gasteiger partial charge is 0.124 e. The predicted octanol–water partition coefficient (Wildman–Crippen LogP) is 2.90. The summed E-state index contributed by atoms with van der Waals surface area (Å²) in [7, 11) is 0. The molecular formula is C11H13NOS2. The number of thioether (sulfide) groups is 2. The number of hydrogen-bond donors (Lipinski definition) is 0. The Bertz CT molecular complexity index is 327. The van der Waals surface area contributed by atoms with Crippen molar-refractivity contribution in [2.24, 2.45) is 4.99 Å². The molecule has 80 valence electrons. The van der Waals surface area contributed by atoms with E-state index in [1.807, 2.05) is 42.1 Å². The molecule has 0 bridgehead atoms. The van der Waals surface area contributed by atoms with Crippen LogP contribution in [-0.4, -0.2) is 29.0 Å². The van der Waals surface area contributed by atoms with Crippen molar-refractivity contribution in [2.75, 3.05) is 24.7 Å². The van der Waals surface area contributed by atoms with Gasteiger partial charge in [0.25, 0.3) is 0 Å². The van der Waals surface area contributed by atoms with Gasteiger partial charge in [0.2, 0.25) is 0 Å². The maximum Gasteiger partial charge on any atom is 0.124 e. The molecular weight excluding hydrogens is 226 g/mol. The Balaban J connectivity index is 1.63. The second-order valence-corrected chi connectivity index (χ2v) is 5.43. The molecule has 0 N–H and O–H groups in total. The summed E-state index contributed by atoms with van der Waals surface area (Å²) in [5.41, 5.74) is 0. The van der Waals surface area contributed by atoms with E-state index in [-0.39, 0.29) is 0 Å². The normalized spacial score (nSPS) is 15.1. The first-order valence-corrected chi connectivity index (χ1v) is 6.90. The Morgan fingerprint density at radius 3 is 2.93 bits per heavy atom. The average Bonchev–Trinajstić information content (AvgIpc) is 2.79. The summed E-state index contributed by atoms with van der Waals surface area (Å²) < 4.78 is 6.80. The van der Waals surface area contributed by atoms with E-state index >= 15 is 0 Å². The van der Waals surface area contributed by atoms with Gasteiger partial charge in [-0.25, -0.2) is 0 Å². The van der Waals surface area contributed by atoms with Gasteiger partial charge in [0.05, 0.1) is 13.2 Å². The number of ether oxygens (including phenoxy) is 1. The summed E-state index contributed by atoms with van der Waals surface area (Å²) in [6, 6.07) is 9.92. The molecule has 1 aromatic carbocycles. The fourth-order valence-electron chi connectivity index (χ4n) is 1.21. The van der Waals surface area contributed by atoms with Crippen molar-refractivity contribution in [1.82, 2.24) is 0 Å². The third-order valence-electron chi connectivity index (χ3n) is 1.88. The third kappa shape index (κ3) is 3.80. The summed E-state index contributed by atoms with van der Waals surface area (Å²) in [5.74, 6) is 3.06. The molecule has 2 nitrogen and oxygen atoms in total. The monoisotopic (exact) mass is 239 g/mol. The first kappa shape index (κ1) is 10.9. The minimum absolute atomic E-state index is 0.744. The summed E-state index contributed by atoms with van der Waals surface area (Å²) in [6.07, 6.45) is 0. The molecule has 0 atom stereocenters. The molecule has 1 aromatic rings. The summed E-state index contributed by atoms with van der Waals surface area (Å²) in [6.45, 7) is 1.72. The summed E-state index contributed by atoms with van der Waals surface area (Å²) in [4.78, 5) is 4.37. The van der Waals surface area contributed by atoms with Gasteiger partial charge in [0.15, 0.2) is 0 Å². The SMILES string of the molecule is c1ccc(OCCSC2=NCCS2)cc1. The van der Waals surface area contributed by atoms with Crippen LogP contribution in [0.4, 0.5) is 0 Å². The first-order valence-electron chi connectivity index (χ1n) is 4.93. The summed E-state index contributed by atoms with van der Waals surface area (Å²) >= 11 is 3.64. The molecule has 1 heterocycles. The van der Waals surface area contributed by atoms with Gasteiger partial charge >= 0.3 is 0 Å². The highest BCUT2D eigenvalue weighted by Gasteiger charge is 2.06. The number of benzene rings is 1. The van der Waals surface area contributed by atoms with Crippen LogP contribution in [0.5, 0.6) is 5.75 Å². The molecule has 2 rings (SSSR count). The van der Waals surface area contributed by atoms with Crippen LogP contribution in [0.15, 0.2) is 35.3 Å². The van der Waals surface area contributed by atoms with Crippen LogP contribution in [0.3, 0.4) is 0 Å². The van der Waals surface area contributed by atoms with E-state index < -0.39 is 0 Å². The van der Waals surface area contributed by atoms with E-state index in [9.17, 15) is 0 Å². The van der Waals surface area contributed by atoms with Crippen molar-refractivity contribution in [3.63, 3.8) is 0 Å². The van der Waals surface area contributed by atoms with Crippen LogP contribution < -0.4 is 4.74 Å². The van der Waals surface area contributed by atoms with Crippen molar-refractivity contribution < 1.29 is 4.74 Å². The number of hydrogen-bond acceptors (Lipinski definition) is 4. The average molecular weight is 239 g/mol. The highest BCUT2D eigenvalue weighted by atomic mass is 32.2. The maximum absolute atomic E-state index is 5.58. The van der Waals surface area contributed by atoms with Crippen LogP contribution in [0.1, 0.15) is 0 Å². The summed E-state index contributed by atoms with van der Waals surface area (Å²) in [5, 5.41) is 0. The molecule has 0 saturated carbocycles. The largest absolute Gasteiger partial charge is 0.493 e.